The first-order valence-electron chi connectivity index (χ1n) is 4.62. The van der Waals surface area contributed by atoms with E-state index in [9.17, 15) is 4.79 Å². The smallest absolute Gasteiger partial charge is 0.407 e. The number of carbonyl (C=O) groups is 1. The van der Waals surface area contributed by atoms with Crippen LogP contribution < -0.4 is 0 Å². The number of piperidine rings is 1. The molecule has 3 nitrogen and oxygen atoms in total. The number of nitrogens with zero attached hydrogens (tertiary/aromatic N) is 1. The van der Waals surface area contributed by atoms with Gasteiger partial charge < -0.3 is 10.0 Å². The van der Waals surface area contributed by atoms with Gasteiger partial charge in [-0.15, -0.1) is 0 Å². The maximum atomic E-state index is 10.8. The summed E-state index contributed by atoms with van der Waals surface area (Å²) in [5.74, 6) is 0.446. The molecular weight excluding hydrogens is 340 g/mol. The van der Waals surface area contributed by atoms with Gasteiger partial charge >= 0.3 is 6.09 Å². The first kappa shape index (κ1) is 12.9. The Morgan fingerprint density at radius 3 is 2.46 bits per heavy atom. The van der Waals surface area contributed by atoms with Gasteiger partial charge in [-0.05, 0) is 25.2 Å². The molecule has 0 aromatic rings. The molecule has 4 heteroatoms. The van der Waals surface area contributed by atoms with Crippen molar-refractivity contribution in [3.63, 3.8) is 0 Å². The predicted molar refractivity (Wildman–Crippen MR) is 47.2 cm³/mol. The van der Waals surface area contributed by atoms with Crippen LogP contribution >= 0.6 is 0 Å². The second kappa shape index (κ2) is 5.62. The van der Waals surface area contributed by atoms with Crippen LogP contribution in [0.15, 0.2) is 0 Å². The predicted octanol–water partition coefficient (Wildman–Crippen LogP) is 2.17. The topological polar surface area (TPSA) is 40.5 Å². The quantitative estimate of drug-likeness (QED) is 0.781. The third-order valence-electron chi connectivity index (χ3n) is 2.56. The Morgan fingerprint density at radius 1 is 1.46 bits per heavy atom. The molecule has 1 amide bonds. The standard InChI is InChI=1S/C9H17NO2.Re/c1-7(2)8-5-3-4-6-10(8)9(11)12;/h7-8H,3-6H2,1-2H3,(H,11,12);. The molecule has 0 aliphatic carbocycles. The minimum atomic E-state index is -0.756. The van der Waals surface area contributed by atoms with Crippen molar-refractivity contribution in [3.8, 4) is 0 Å². The second-order valence-electron chi connectivity index (χ2n) is 3.78. The van der Waals surface area contributed by atoms with Gasteiger partial charge in [0.15, 0.2) is 0 Å². The molecule has 1 saturated heterocycles. The third-order valence-corrected chi connectivity index (χ3v) is 2.56. The van der Waals surface area contributed by atoms with Gasteiger partial charge in [-0.2, -0.15) is 0 Å². The van der Waals surface area contributed by atoms with Crippen LogP contribution in [0.4, 0.5) is 4.79 Å². The number of amides is 1. The molecule has 1 aliphatic heterocycles. The SMILES string of the molecule is CC(C)C1CCCCN1C(=O)O.[Re]. The van der Waals surface area contributed by atoms with E-state index in [-0.39, 0.29) is 26.5 Å². The normalized spacial score (nSPS) is 22.7. The van der Waals surface area contributed by atoms with Gasteiger partial charge in [0.2, 0.25) is 0 Å². The number of likely N-dealkylation sites (tertiary alicyclic amines) is 1. The van der Waals surface area contributed by atoms with E-state index in [4.69, 9.17) is 5.11 Å². The first-order chi connectivity index (χ1) is 5.63. The molecule has 1 unspecified atom stereocenters. The van der Waals surface area contributed by atoms with E-state index in [1.54, 1.807) is 4.90 Å². The van der Waals surface area contributed by atoms with Crippen molar-refractivity contribution in [2.75, 3.05) is 6.54 Å². The fourth-order valence-corrected chi connectivity index (χ4v) is 1.89. The molecule has 0 aromatic heterocycles. The van der Waals surface area contributed by atoms with Crippen molar-refractivity contribution in [1.82, 2.24) is 4.90 Å². The van der Waals surface area contributed by atoms with Gasteiger partial charge in [0.05, 0.1) is 0 Å². The summed E-state index contributed by atoms with van der Waals surface area (Å²) in [7, 11) is 0. The van der Waals surface area contributed by atoms with Crippen molar-refractivity contribution in [3.05, 3.63) is 0 Å². The molecule has 13 heavy (non-hydrogen) atoms. The van der Waals surface area contributed by atoms with Gasteiger partial charge in [0, 0.05) is 33.0 Å². The molecule has 0 bridgehead atoms. The Hall–Kier alpha value is -0.0677. The number of carboxylic acid groups (broad SMARTS) is 1. The molecular formula is C9H17NO2Re. The number of hydrogen-bond donors (Lipinski definition) is 1. The third kappa shape index (κ3) is 3.28. The van der Waals surface area contributed by atoms with Crippen molar-refractivity contribution in [2.45, 2.75) is 39.2 Å². The molecule has 1 N–H and O–H groups in total. The first-order valence-corrected chi connectivity index (χ1v) is 4.62. The summed E-state index contributed by atoms with van der Waals surface area (Å²) >= 11 is 0. The van der Waals surface area contributed by atoms with Gasteiger partial charge in [-0.1, -0.05) is 13.8 Å². The molecule has 77 valence electrons. The van der Waals surface area contributed by atoms with Gasteiger partial charge in [-0.25, -0.2) is 4.79 Å². The van der Waals surface area contributed by atoms with Gasteiger partial charge in [-0.3, -0.25) is 0 Å². The monoisotopic (exact) mass is 358 g/mol. The molecule has 1 rings (SSSR count). The number of hydrogen-bond acceptors (Lipinski definition) is 1. The van der Waals surface area contributed by atoms with Crippen LogP contribution in [0.25, 0.3) is 0 Å². The van der Waals surface area contributed by atoms with Crippen LogP contribution in [-0.2, 0) is 20.4 Å². The van der Waals surface area contributed by atoms with E-state index in [0.29, 0.717) is 5.92 Å². The van der Waals surface area contributed by atoms with E-state index >= 15 is 0 Å². The van der Waals surface area contributed by atoms with Crippen LogP contribution in [-0.4, -0.2) is 28.7 Å². The fraction of sp³-hybridized carbons (Fsp3) is 0.889. The van der Waals surface area contributed by atoms with Gasteiger partial charge in [0.1, 0.15) is 0 Å². The van der Waals surface area contributed by atoms with E-state index in [2.05, 4.69) is 13.8 Å². The summed E-state index contributed by atoms with van der Waals surface area (Å²) in [5, 5.41) is 8.88. The van der Waals surface area contributed by atoms with Crippen LogP contribution in [0.3, 0.4) is 0 Å². The minimum Gasteiger partial charge on any atom is -0.465 e. The molecule has 1 fully saturated rings. The zero-order valence-electron chi connectivity index (χ0n) is 8.16. The Morgan fingerprint density at radius 2 is 2.08 bits per heavy atom. The second-order valence-corrected chi connectivity index (χ2v) is 3.78. The molecule has 0 saturated carbocycles. The fourth-order valence-electron chi connectivity index (χ4n) is 1.89. The van der Waals surface area contributed by atoms with Crippen LogP contribution in [0, 0.1) is 5.92 Å². The van der Waals surface area contributed by atoms with Crippen LogP contribution in [0.1, 0.15) is 33.1 Å². The summed E-state index contributed by atoms with van der Waals surface area (Å²) in [6, 6.07) is 0.247. The summed E-state index contributed by atoms with van der Waals surface area (Å²) in [6.07, 6.45) is 2.47. The van der Waals surface area contributed by atoms with Crippen molar-refractivity contribution in [1.29, 1.82) is 0 Å². The van der Waals surface area contributed by atoms with Crippen LogP contribution in [0.2, 0.25) is 0 Å². The van der Waals surface area contributed by atoms with Crippen molar-refractivity contribution >= 4 is 6.09 Å². The average Bonchev–Trinajstić information content (AvgIpc) is 2.04. The Kier molecular flexibility index (Phi) is 5.59. The van der Waals surface area contributed by atoms with Gasteiger partial charge in [0.25, 0.3) is 0 Å². The summed E-state index contributed by atoms with van der Waals surface area (Å²) in [4.78, 5) is 12.4. The molecule has 1 heterocycles. The number of rotatable bonds is 1. The van der Waals surface area contributed by atoms with Crippen LogP contribution in [0.5, 0.6) is 0 Å². The molecule has 0 spiro atoms. The van der Waals surface area contributed by atoms with E-state index in [0.717, 1.165) is 19.4 Å². The molecule has 1 atom stereocenters. The van der Waals surface area contributed by atoms with E-state index in [1.807, 2.05) is 0 Å². The maximum Gasteiger partial charge on any atom is 0.407 e. The molecule has 0 aromatic carbocycles. The Labute approximate surface area is 93.1 Å². The van der Waals surface area contributed by atoms with E-state index in [1.165, 1.54) is 6.42 Å². The Bertz CT molecular complexity index is 173. The maximum absolute atomic E-state index is 10.8. The van der Waals surface area contributed by atoms with E-state index < -0.39 is 6.09 Å². The zero-order chi connectivity index (χ0) is 9.14. The minimum absolute atomic E-state index is 0. The van der Waals surface area contributed by atoms with Crippen molar-refractivity contribution < 1.29 is 30.3 Å². The largest absolute Gasteiger partial charge is 0.465 e. The summed E-state index contributed by atoms with van der Waals surface area (Å²) in [6.45, 7) is 4.90. The Balaban J connectivity index is 0.00000144. The molecule has 1 aliphatic rings. The van der Waals surface area contributed by atoms with Crippen molar-refractivity contribution in [2.24, 2.45) is 5.92 Å². The molecule has 1 radical (unpaired) electrons. The zero-order valence-corrected chi connectivity index (χ0v) is 10.9. The summed E-state index contributed by atoms with van der Waals surface area (Å²) in [5.41, 5.74) is 0. The summed E-state index contributed by atoms with van der Waals surface area (Å²) < 4.78 is 0. The average molecular weight is 357 g/mol.